The molecule has 2 atom stereocenters. The first-order valence-electron chi connectivity index (χ1n) is 9.22. The van der Waals surface area contributed by atoms with Crippen molar-refractivity contribution in [2.24, 2.45) is 11.3 Å². The van der Waals surface area contributed by atoms with Gasteiger partial charge in [-0.2, -0.15) is 0 Å². The Labute approximate surface area is 157 Å². The van der Waals surface area contributed by atoms with Gasteiger partial charge in [-0.3, -0.25) is 9.59 Å². The van der Waals surface area contributed by atoms with Gasteiger partial charge in [0, 0.05) is 25.2 Å². The van der Waals surface area contributed by atoms with Crippen LogP contribution in [0.1, 0.15) is 72.8 Å². The van der Waals surface area contributed by atoms with Crippen LogP contribution in [0.5, 0.6) is 0 Å². The Morgan fingerprint density at radius 2 is 2.15 bits per heavy atom. The number of ketones is 1. The van der Waals surface area contributed by atoms with Gasteiger partial charge in [-0.15, -0.1) is 0 Å². The first kappa shape index (κ1) is 17.5. The van der Waals surface area contributed by atoms with Crippen LogP contribution in [0.15, 0.2) is 16.5 Å². The van der Waals surface area contributed by atoms with E-state index in [1.807, 2.05) is 12.1 Å². The smallest absolute Gasteiger partial charge is 0.226 e. The van der Waals surface area contributed by atoms with Gasteiger partial charge < -0.3 is 9.73 Å². The molecule has 4 rings (SSSR count). The molecule has 1 N–H and O–H groups in total. The Kier molecular flexibility index (Phi) is 4.26. The van der Waals surface area contributed by atoms with Crippen molar-refractivity contribution in [3.8, 4) is 0 Å². The predicted molar refractivity (Wildman–Crippen MR) is 101 cm³/mol. The number of amides is 1. The summed E-state index contributed by atoms with van der Waals surface area (Å²) in [5.41, 5.74) is 0.760. The van der Waals surface area contributed by atoms with Crippen LogP contribution in [0.25, 0.3) is 0 Å². The fraction of sp³-hybridized carbons (Fsp3) is 0.550. The lowest BCUT2D eigenvalue weighted by atomic mass is 9.78. The summed E-state index contributed by atoms with van der Waals surface area (Å²) < 4.78 is 5.84. The molecular formula is C20H24N2O3S. The highest BCUT2D eigenvalue weighted by atomic mass is 32.1. The van der Waals surface area contributed by atoms with Crippen LogP contribution in [-0.2, 0) is 17.6 Å². The summed E-state index contributed by atoms with van der Waals surface area (Å²) in [4.78, 5) is 29.7. The maximum absolute atomic E-state index is 12.2. The monoisotopic (exact) mass is 372 g/mol. The van der Waals surface area contributed by atoms with Crippen LogP contribution < -0.4 is 5.32 Å². The van der Waals surface area contributed by atoms with Crippen LogP contribution in [0, 0.1) is 11.3 Å². The Balaban J connectivity index is 1.34. The Bertz CT molecular complexity index is 864. The second-order valence-corrected chi connectivity index (χ2v) is 9.41. The first-order valence-corrected chi connectivity index (χ1v) is 10.0. The summed E-state index contributed by atoms with van der Waals surface area (Å²) in [7, 11) is 0. The van der Waals surface area contributed by atoms with Crippen molar-refractivity contribution in [1.82, 2.24) is 4.98 Å². The largest absolute Gasteiger partial charge is 0.466 e. The molecule has 1 amide bonds. The fourth-order valence-electron chi connectivity index (χ4n) is 3.64. The van der Waals surface area contributed by atoms with E-state index in [-0.39, 0.29) is 17.1 Å². The molecule has 2 aliphatic rings. The van der Waals surface area contributed by atoms with Crippen LogP contribution in [0.3, 0.4) is 0 Å². The SMILES string of the molecule is C[C@@H]1C[C@@H]1c1ccc(CCC(=O)Nc2nc3c(s2)C(=O)CC(C)(C)C3)o1. The Hall–Kier alpha value is -1.95. The molecule has 1 saturated carbocycles. The van der Waals surface area contributed by atoms with Crippen molar-refractivity contribution < 1.29 is 14.0 Å². The van der Waals surface area contributed by atoms with Crippen molar-refractivity contribution in [2.45, 2.75) is 58.8 Å². The third-order valence-electron chi connectivity index (χ3n) is 5.24. The standard InChI is InChI=1S/C20H24N2O3S/c1-11-8-13(11)16-6-4-12(25-16)5-7-17(24)22-19-21-14-9-20(2,3)10-15(23)18(14)26-19/h4,6,11,13H,5,7-10H2,1-3H3,(H,21,22,24)/t11-,13+/m1/s1. The molecule has 0 saturated heterocycles. The van der Waals surface area contributed by atoms with Gasteiger partial charge in [-0.1, -0.05) is 32.1 Å². The zero-order valence-corrected chi connectivity index (χ0v) is 16.2. The number of aryl methyl sites for hydroxylation is 1. The van der Waals surface area contributed by atoms with Gasteiger partial charge in [0.1, 0.15) is 11.5 Å². The minimum Gasteiger partial charge on any atom is -0.466 e. The zero-order valence-electron chi connectivity index (χ0n) is 15.4. The molecule has 0 spiro atoms. The summed E-state index contributed by atoms with van der Waals surface area (Å²) in [5, 5.41) is 3.37. The molecule has 2 heterocycles. The molecule has 0 radical (unpaired) electrons. The van der Waals surface area contributed by atoms with Crippen LogP contribution in [0.4, 0.5) is 5.13 Å². The number of nitrogens with zero attached hydrogens (tertiary/aromatic N) is 1. The van der Waals surface area contributed by atoms with Gasteiger partial charge in [0.2, 0.25) is 5.91 Å². The highest BCUT2D eigenvalue weighted by molar-refractivity contribution is 7.17. The summed E-state index contributed by atoms with van der Waals surface area (Å²) >= 11 is 1.29. The molecule has 2 aromatic rings. The maximum Gasteiger partial charge on any atom is 0.226 e. The summed E-state index contributed by atoms with van der Waals surface area (Å²) in [5.74, 6) is 3.19. The van der Waals surface area contributed by atoms with E-state index < -0.39 is 0 Å². The van der Waals surface area contributed by atoms with E-state index in [4.69, 9.17) is 4.42 Å². The number of thiazole rings is 1. The number of Topliss-reactive ketones (excluding diaryl/α,β-unsaturated/α-hetero) is 1. The molecule has 0 aromatic carbocycles. The zero-order chi connectivity index (χ0) is 18.5. The van der Waals surface area contributed by atoms with Crippen LogP contribution >= 0.6 is 11.3 Å². The number of carbonyl (C=O) groups is 2. The molecule has 2 aromatic heterocycles. The van der Waals surface area contributed by atoms with E-state index >= 15 is 0 Å². The number of hydrogen-bond donors (Lipinski definition) is 1. The number of hydrogen-bond acceptors (Lipinski definition) is 5. The first-order chi connectivity index (χ1) is 12.3. The molecule has 2 aliphatic carbocycles. The van der Waals surface area contributed by atoms with E-state index in [9.17, 15) is 9.59 Å². The lowest BCUT2D eigenvalue weighted by Gasteiger charge is -2.26. The number of rotatable bonds is 5. The van der Waals surface area contributed by atoms with E-state index in [2.05, 4.69) is 31.1 Å². The lowest BCUT2D eigenvalue weighted by molar-refractivity contribution is -0.116. The topological polar surface area (TPSA) is 72.2 Å². The molecular weight excluding hydrogens is 348 g/mol. The highest BCUT2D eigenvalue weighted by Gasteiger charge is 2.36. The van der Waals surface area contributed by atoms with Crippen molar-refractivity contribution in [3.63, 3.8) is 0 Å². The van der Waals surface area contributed by atoms with E-state index in [0.717, 1.165) is 23.6 Å². The molecule has 5 nitrogen and oxygen atoms in total. The Morgan fingerprint density at radius 1 is 1.38 bits per heavy atom. The molecule has 6 heteroatoms. The van der Waals surface area contributed by atoms with Crippen molar-refractivity contribution in [1.29, 1.82) is 0 Å². The maximum atomic E-state index is 12.2. The Morgan fingerprint density at radius 3 is 2.88 bits per heavy atom. The summed E-state index contributed by atoms with van der Waals surface area (Å²) in [6, 6.07) is 4.00. The second kappa shape index (κ2) is 6.34. The molecule has 1 fully saturated rings. The minimum atomic E-state index is -0.0967. The van der Waals surface area contributed by atoms with Crippen molar-refractivity contribution >= 4 is 28.2 Å². The van der Waals surface area contributed by atoms with Crippen LogP contribution in [0.2, 0.25) is 0 Å². The third kappa shape index (κ3) is 3.61. The molecule has 26 heavy (non-hydrogen) atoms. The molecule has 0 bridgehead atoms. The minimum absolute atomic E-state index is 0.0600. The van der Waals surface area contributed by atoms with Gasteiger partial charge in [-0.05, 0) is 36.3 Å². The number of furan rings is 1. The fourth-order valence-corrected chi connectivity index (χ4v) is 4.57. The average Bonchev–Trinajstić information content (AvgIpc) is 2.96. The van der Waals surface area contributed by atoms with E-state index in [0.29, 0.717) is 41.1 Å². The summed E-state index contributed by atoms with van der Waals surface area (Å²) in [6.45, 7) is 6.37. The van der Waals surface area contributed by atoms with Gasteiger partial charge in [0.15, 0.2) is 10.9 Å². The van der Waals surface area contributed by atoms with Gasteiger partial charge in [0.25, 0.3) is 0 Å². The molecule has 138 valence electrons. The van der Waals surface area contributed by atoms with Crippen molar-refractivity contribution in [2.75, 3.05) is 5.32 Å². The number of fused-ring (bicyclic) bond motifs is 1. The van der Waals surface area contributed by atoms with Gasteiger partial charge in [0.05, 0.1) is 10.6 Å². The average molecular weight is 372 g/mol. The summed E-state index contributed by atoms with van der Waals surface area (Å²) in [6.07, 6.45) is 3.42. The highest BCUT2D eigenvalue weighted by Crippen LogP contribution is 2.47. The second-order valence-electron chi connectivity index (χ2n) is 8.41. The van der Waals surface area contributed by atoms with E-state index in [1.54, 1.807) is 0 Å². The van der Waals surface area contributed by atoms with Gasteiger partial charge >= 0.3 is 0 Å². The number of nitrogens with one attached hydrogen (secondary N) is 1. The predicted octanol–water partition coefficient (Wildman–Crippen LogP) is 4.59. The molecule has 0 unspecified atom stereocenters. The lowest BCUT2D eigenvalue weighted by Crippen LogP contribution is -2.26. The number of anilines is 1. The number of aromatic nitrogens is 1. The molecule has 0 aliphatic heterocycles. The quantitative estimate of drug-likeness (QED) is 0.833. The number of carbonyl (C=O) groups excluding carboxylic acids is 2. The van der Waals surface area contributed by atoms with E-state index in [1.165, 1.54) is 17.8 Å². The normalized spacial score (nSPS) is 23.6. The van der Waals surface area contributed by atoms with Gasteiger partial charge in [-0.25, -0.2) is 4.98 Å². The van der Waals surface area contributed by atoms with Crippen LogP contribution in [-0.4, -0.2) is 16.7 Å². The van der Waals surface area contributed by atoms with Crippen molar-refractivity contribution in [3.05, 3.63) is 34.2 Å². The third-order valence-corrected chi connectivity index (χ3v) is 6.29.